The van der Waals surface area contributed by atoms with Crippen LogP contribution in [0.3, 0.4) is 0 Å². The number of anilines is 1. The standard InChI is InChI=1S/C21H23N3O3S/c1-4-27-16-8-9-17-18(13-16)28-21-23-19(14-6-5-7-15(12-14)26-3)20(24(17)21)22-10-11-25-2/h5-9,12-13,22H,4,10-11H2,1-3H3. The lowest BCUT2D eigenvalue weighted by Gasteiger charge is -2.09. The lowest BCUT2D eigenvalue weighted by Crippen LogP contribution is -2.10. The first-order valence-electron chi connectivity index (χ1n) is 9.20. The van der Waals surface area contributed by atoms with Gasteiger partial charge >= 0.3 is 0 Å². The van der Waals surface area contributed by atoms with Crippen LogP contribution in [0.25, 0.3) is 26.4 Å². The van der Waals surface area contributed by atoms with E-state index in [0.29, 0.717) is 19.8 Å². The molecule has 0 amide bonds. The molecule has 28 heavy (non-hydrogen) atoms. The van der Waals surface area contributed by atoms with E-state index in [2.05, 4.69) is 21.9 Å². The minimum atomic E-state index is 0.612. The van der Waals surface area contributed by atoms with Crippen molar-refractivity contribution in [3.05, 3.63) is 42.5 Å². The maximum absolute atomic E-state index is 5.65. The number of thiazole rings is 1. The zero-order valence-electron chi connectivity index (χ0n) is 16.2. The van der Waals surface area contributed by atoms with Gasteiger partial charge in [0.2, 0.25) is 0 Å². The largest absolute Gasteiger partial charge is 0.497 e. The molecule has 0 fully saturated rings. The molecule has 2 aromatic carbocycles. The molecule has 0 unspecified atom stereocenters. The SMILES string of the molecule is CCOc1ccc2c(c1)sc1nc(-c3cccc(OC)c3)c(NCCOC)n12. The molecule has 0 aliphatic heterocycles. The maximum atomic E-state index is 5.65. The first kappa shape index (κ1) is 18.6. The summed E-state index contributed by atoms with van der Waals surface area (Å²) < 4.78 is 19.6. The van der Waals surface area contributed by atoms with Crippen molar-refractivity contribution in [2.75, 3.05) is 39.3 Å². The van der Waals surface area contributed by atoms with Gasteiger partial charge in [-0.2, -0.15) is 0 Å². The summed E-state index contributed by atoms with van der Waals surface area (Å²) in [6.07, 6.45) is 0. The summed E-state index contributed by atoms with van der Waals surface area (Å²) in [5, 5.41) is 3.50. The Morgan fingerprint density at radius 1 is 1.11 bits per heavy atom. The molecular formula is C21H23N3O3S. The van der Waals surface area contributed by atoms with Gasteiger partial charge in [-0.3, -0.25) is 4.40 Å². The van der Waals surface area contributed by atoms with Crippen LogP contribution in [0.1, 0.15) is 6.92 Å². The van der Waals surface area contributed by atoms with E-state index >= 15 is 0 Å². The molecule has 7 heteroatoms. The van der Waals surface area contributed by atoms with E-state index in [1.54, 1.807) is 25.6 Å². The number of hydrogen-bond donors (Lipinski definition) is 1. The molecule has 0 spiro atoms. The van der Waals surface area contributed by atoms with E-state index < -0.39 is 0 Å². The molecule has 2 aromatic heterocycles. The van der Waals surface area contributed by atoms with E-state index in [0.717, 1.165) is 43.8 Å². The number of nitrogens with one attached hydrogen (secondary N) is 1. The predicted octanol–water partition coefficient (Wildman–Crippen LogP) is 4.68. The molecule has 4 aromatic rings. The fourth-order valence-electron chi connectivity index (χ4n) is 3.21. The van der Waals surface area contributed by atoms with E-state index in [4.69, 9.17) is 19.2 Å². The zero-order valence-corrected chi connectivity index (χ0v) is 17.0. The van der Waals surface area contributed by atoms with E-state index in [-0.39, 0.29) is 0 Å². The quantitative estimate of drug-likeness (QED) is 0.438. The van der Waals surface area contributed by atoms with Crippen LogP contribution in [-0.2, 0) is 4.74 Å². The first-order valence-corrected chi connectivity index (χ1v) is 10.0. The van der Waals surface area contributed by atoms with Gasteiger partial charge in [0.05, 0.1) is 30.5 Å². The Bertz CT molecular complexity index is 1100. The number of fused-ring (bicyclic) bond motifs is 3. The highest BCUT2D eigenvalue weighted by Crippen LogP contribution is 2.38. The Morgan fingerprint density at radius 2 is 2.00 bits per heavy atom. The number of imidazole rings is 1. The minimum absolute atomic E-state index is 0.612. The molecule has 0 atom stereocenters. The number of methoxy groups -OCH3 is 2. The number of hydrogen-bond acceptors (Lipinski definition) is 6. The summed E-state index contributed by atoms with van der Waals surface area (Å²) in [6.45, 7) is 3.94. The second-order valence-corrected chi connectivity index (χ2v) is 7.25. The van der Waals surface area contributed by atoms with Gasteiger partial charge in [-0.05, 0) is 37.3 Å². The highest BCUT2D eigenvalue weighted by molar-refractivity contribution is 7.23. The summed E-state index contributed by atoms with van der Waals surface area (Å²) >= 11 is 1.65. The van der Waals surface area contributed by atoms with Gasteiger partial charge < -0.3 is 19.5 Å². The van der Waals surface area contributed by atoms with Crippen molar-refractivity contribution in [3.63, 3.8) is 0 Å². The lowest BCUT2D eigenvalue weighted by atomic mass is 10.1. The van der Waals surface area contributed by atoms with E-state index in [9.17, 15) is 0 Å². The van der Waals surface area contributed by atoms with Crippen molar-refractivity contribution in [2.45, 2.75) is 6.92 Å². The van der Waals surface area contributed by atoms with Crippen molar-refractivity contribution >= 4 is 32.3 Å². The lowest BCUT2D eigenvalue weighted by molar-refractivity contribution is 0.210. The van der Waals surface area contributed by atoms with Gasteiger partial charge in [0.1, 0.15) is 23.0 Å². The van der Waals surface area contributed by atoms with Crippen LogP contribution in [0.15, 0.2) is 42.5 Å². The molecule has 0 saturated carbocycles. The molecule has 0 aliphatic rings. The second-order valence-electron chi connectivity index (χ2n) is 6.24. The second kappa shape index (κ2) is 8.08. The third-order valence-electron chi connectivity index (χ3n) is 4.47. The van der Waals surface area contributed by atoms with Crippen molar-refractivity contribution in [2.24, 2.45) is 0 Å². The number of ether oxygens (including phenoxy) is 3. The van der Waals surface area contributed by atoms with Crippen molar-refractivity contribution in [3.8, 4) is 22.8 Å². The normalized spacial score (nSPS) is 11.2. The molecule has 0 saturated heterocycles. The molecule has 0 bridgehead atoms. The average Bonchev–Trinajstić information content (AvgIpc) is 3.24. The molecule has 146 valence electrons. The van der Waals surface area contributed by atoms with Gasteiger partial charge in [-0.1, -0.05) is 23.5 Å². The fraction of sp³-hybridized carbons (Fsp3) is 0.286. The molecule has 0 radical (unpaired) electrons. The smallest absolute Gasteiger partial charge is 0.197 e. The van der Waals surface area contributed by atoms with Crippen LogP contribution in [0.2, 0.25) is 0 Å². The summed E-state index contributed by atoms with van der Waals surface area (Å²) in [6, 6.07) is 14.1. The Balaban J connectivity index is 1.87. The van der Waals surface area contributed by atoms with Gasteiger partial charge in [0, 0.05) is 19.2 Å². The number of benzene rings is 2. The van der Waals surface area contributed by atoms with Gasteiger partial charge in [0.25, 0.3) is 0 Å². The molecule has 1 N–H and O–H groups in total. The number of rotatable bonds is 8. The van der Waals surface area contributed by atoms with E-state index in [1.165, 1.54) is 0 Å². The monoisotopic (exact) mass is 397 g/mol. The van der Waals surface area contributed by atoms with Crippen LogP contribution in [0.5, 0.6) is 11.5 Å². The van der Waals surface area contributed by atoms with Crippen LogP contribution < -0.4 is 14.8 Å². The van der Waals surface area contributed by atoms with Crippen molar-refractivity contribution in [1.82, 2.24) is 9.38 Å². The third kappa shape index (κ3) is 3.39. The van der Waals surface area contributed by atoms with E-state index in [1.807, 2.05) is 37.3 Å². The van der Waals surface area contributed by atoms with Crippen molar-refractivity contribution < 1.29 is 14.2 Å². The third-order valence-corrected chi connectivity index (χ3v) is 5.48. The maximum Gasteiger partial charge on any atom is 0.197 e. The summed E-state index contributed by atoms with van der Waals surface area (Å²) in [4.78, 5) is 5.86. The number of nitrogens with zero attached hydrogens (tertiary/aromatic N) is 2. The Hall–Kier alpha value is -2.77. The molecular weight excluding hydrogens is 374 g/mol. The summed E-state index contributed by atoms with van der Waals surface area (Å²) in [7, 11) is 3.37. The van der Waals surface area contributed by atoms with Gasteiger partial charge in [-0.15, -0.1) is 0 Å². The Labute approximate surface area is 167 Å². The predicted molar refractivity (Wildman–Crippen MR) is 114 cm³/mol. The average molecular weight is 398 g/mol. The zero-order chi connectivity index (χ0) is 19.5. The highest BCUT2D eigenvalue weighted by atomic mass is 32.1. The topological polar surface area (TPSA) is 57.0 Å². The molecule has 6 nitrogen and oxygen atoms in total. The fourth-order valence-corrected chi connectivity index (χ4v) is 4.27. The van der Waals surface area contributed by atoms with Crippen LogP contribution >= 0.6 is 11.3 Å². The van der Waals surface area contributed by atoms with Crippen molar-refractivity contribution in [1.29, 1.82) is 0 Å². The van der Waals surface area contributed by atoms with Crippen LogP contribution in [0.4, 0.5) is 5.82 Å². The number of aromatic nitrogens is 2. The molecule has 0 aliphatic carbocycles. The minimum Gasteiger partial charge on any atom is -0.497 e. The van der Waals surface area contributed by atoms with Crippen LogP contribution in [-0.4, -0.2) is 43.4 Å². The van der Waals surface area contributed by atoms with Gasteiger partial charge in [-0.25, -0.2) is 4.98 Å². The summed E-state index contributed by atoms with van der Waals surface area (Å²) in [5.74, 6) is 2.64. The first-order chi connectivity index (χ1) is 13.7. The molecule has 2 heterocycles. The van der Waals surface area contributed by atoms with Crippen LogP contribution in [0, 0.1) is 0 Å². The summed E-state index contributed by atoms with van der Waals surface area (Å²) in [5.41, 5.74) is 3.01. The highest BCUT2D eigenvalue weighted by Gasteiger charge is 2.19. The Morgan fingerprint density at radius 3 is 2.79 bits per heavy atom. The Kier molecular flexibility index (Phi) is 5.36. The molecule has 4 rings (SSSR count). The van der Waals surface area contributed by atoms with Gasteiger partial charge in [0.15, 0.2) is 4.96 Å².